The molecule has 1 amide bonds. The number of rotatable bonds is 3. The Morgan fingerprint density at radius 1 is 1.24 bits per heavy atom. The van der Waals surface area contributed by atoms with E-state index in [0.29, 0.717) is 24.2 Å². The second kappa shape index (κ2) is 7.23. The van der Waals surface area contributed by atoms with Gasteiger partial charge >= 0.3 is 5.97 Å². The molecule has 2 aromatic carbocycles. The van der Waals surface area contributed by atoms with Crippen molar-refractivity contribution in [2.45, 2.75) is 19.3 Å². The minimum absolute atomic E-state index is 0.132. The zero-order valence-corrected chi connectivity index (χ0v) is 14.5. The number of ether oxygens (including phenoxy) is 1. The first kappa shape index (κ1) is 17.4. The van der Waals surface area contributed by atoms with E-state index in [1.54, 1.807) is 29.2 Å². The molecule has 0 unspecified atom stereocenters. The largest absolute Gasteiger partial charge is 0.465 e. The van der Waals surface area contributed by atoms with Crippen molar-refractivity contribution in [1.82, 2.24) is 0 Å². The molecule has 0 fully saturated rings. The predicted octanol–water partition coefficient (Wildman–Crippen LogP) is 3.79. The van der Waals surface area contributed by atoms with Gasteiger partial charge in [-0.15, -0.1) is 0 Å². The second-order valence-corrected chi connectivity index (χ2v) is 6.23. The van der Waals surface area contributed by atoms with Crippen LogP contribution in [0.5, 0.6) is 0 Å². The van der Waals surface area contributed by atoms with Gasteiger partial charge in [0.2, 0.25) is 5.91 Å². The first-order chi connectivity index (χ1) is 12.0. The molecule has 0 aromatic heterocycles. The molecule has 3 rings (SSSR count). The van der Waals surface area contributed by atoms with Crippen LogP contribution >= 0.6 is 11.6 Å². The number of fused-ring (bicyclic) bond motifs is 1. The minimum atomic E-state index is -0.499. The number of anilines is 1. The first-order valence-electron chi connectivity index (χ1n) is 7.96. The lowest BCUT2D eigenvalue weighted by Crippen LogP contribution is -2.37. The summed E-state index contributed by atoms with van der Waals surface area (Å²) in [6, 6.07) is 9.55. The van der Waals surface area contributed by atoms with Crippen LogP contribution in [0.4, 0.5) is 10.1 Å². The van der Waals surface area contributed by atoms with Crippen molar-refractivity contribution in [3.63, 3.8) is 0 Å². The summed E-state index contributed by atoms with van der Waals surface area (Å²) in [4.78, 5) is 26.3. The molecular weight excluding hydrogens is 345 g/mol. The molecule has 0 spiro atoms. The van der Waals surface area contributed by atoms with Crippen LogP contribution < -0.4 is 4.90 Å². The summed E-state index contributed by atoms with van der Waals surface area (Å²) in [5.41, 5.74) is 2.10. The number of amides is 1. The Kier molecular flexibility index (Phi) is 5.04. The molecule has 0 saturated carbocycles. The van der Waals surface area contributed by atoms with E-state index in [0.717, 1.165) is 12.0 Å². The SMILES string of the molecule is COC(=O)c1cccc2c1CCCN2C(=O)Cc1c(F)cccc1Cl. The Bertz CT molecular complexity index is 817. The van der Waals surface area contributed by atoms with E-state index in [9.17, 15) is 14.0 Å². The summed E-state index contributed by atoms with van der Waals surface area (Å²) < 4.78 is 18.8. The van der Waals surface area contributed by atoms with Gasteiger partial charge in [-0.3, -0.25) is 4.79 Å². The maximum Gasteiger partial charge on any atom is 0.338 e. The summed E-state index contributed by atoms with van der Waals surface area (Å²) in [7, 11) is 1.33. The summed E-state index contributed by atoms with van der Waals surface area (Å²) >= 11 is 6.03. The molecule has 0 bridgehead atoms. The van der Waals surface area contributed by atoms with Crippen molar-refractivity contribution in [2.75, 3.05) is 18.6 Å². The van der Waals surface area contributed by atoms with Gasteiger partial charge in [0.15, 0.2) is 0 Å². The monoisotopic (exact) mass is 361 g/mol. The average molecular weight is 362 g/mol. The number of carbonyl (C=O) groups excluding carboxylic acids is 2. The summed E-state index contributed by atoms with van der Waals surface area (Å²) in [5, 5.41) is 0.230. The van der Waals surface area contributed by atoms with Crippen LogP contribution in [0.1, 0.15) is 27.9 Å². The number of hydrogen-bond acceptors (Lipinski definition) is 3. The third kappa shape index (κ3) is 3.37. The first-order valence-corrected chi connectivity index (χ1v) is 8.34. The molecule has 6 heteroatoms. The quantitative estimate of drug-likeness (QED) is 0.781. The van der Waals surface area contributed by atoms with Crippen molar-refractivity contribution in [3.8, 4) is 0 Å². The second-order valence-electron chi connectivity index (χ2n) is 5.82. The zero-order chi connectivity index (χ0) is 18.0. The van der Waals surface area contributed by atoms with E-state index in [2.05, 4.69) is 0 Å². The fraction of sp³-hybridized carbons (Fsp3) is 0.263. The number of methoxy groups -OCH3 is 1. The standard InChI is InChI=1S/C19H17ClFNO3/c1-25-19(24)13-5-2-9-17-12(13)6-4-10-22(17)18(23)11-14-15(20)7-3-8-16(14)21/h2-3,5,7-9H,4,6,10-11H2,1H3. The highest BCUT2D eigenvalue weighted by atomic mass is 35.5. The van der Waals surface area contributed by atoms with Gasteiger partial charge in [0, 0.05) is 22.8 Å². The number of benzene rings is 2. The van der Waals surface area contributed by atoms with Crippen molar-refractivity contribution in [3.05, 3.63) is 63.9 Å². The molecule has 2 aromatic rings. The summed E-state index contributed by atoms with van der Waals surface area (Å²) in [5.74, 6) is -1.18. The predicted molar refractivity (Wildman–Crippen MR) is 93.6 cm³/mol. The van der Waals surface area contributed by atoms with Crippen molar-refractivity contribution < 1.29 is 18.7 Å². The Balaban J connectivity index is 1.93. The number of nitrogens with zero attached hydrogens (tertiary/aromatic N) is 1. The summed E-state index contributed by atoms with van der Waals surface area (Å²) in [6.07, 6.45) is 1.27. The van der Waals surface area contributed by atoms with Gasteiger partial charge in [-0.2, -0.15) is 0 Å². The lowest BCUT2D eigenvalue weighted by Gasteiger charge is -2.30. The van der Waals surface area contributed by atoms with Crippen molar-refractivity contribution in [1.29, 1.82) is 0 Å². The van der Waals surface area contributed by atoms with Gasteiger partial charge in [-0.25, -0.2) is 9.18 Å². The van der Waals surface area contributed by atoms with Crippen LogP contribution in [0, 0.1) is 5.82 Å². The maximum atomic E-state index is 14.0. The summed E-state index contributed by atoms with van der Waals surface area (Å²) in [6.45, 7) is 0.516. The van der Waals surface area contributed by atoms with E-state index in [4.69, 9.17) is 16.3 Å². The molecule has 0 aliphatic carbocycles. The molecule has 0 atom stereocenters. The molecule has 130 valence electrons. The fourth-order valence-electron chi connectivity index (χ4n) is 3.13. The van der Waals surface area contributed by atoms with E-state index in [1.165, 1.54) is 19.2 Å². The third-order valence-electron chi connectivity index (χ3n) is 4.35. The van der Waals surface area contributed by atoms with Gasteiger partial charge in [0.25, 0.3) is 0 Å². The molecule has 0 saturated heterocycles. The highest BCUT2D eigenvalue weighted by Gasteiger charge is 2.27. The van der Waals surface area contributed by atoms with Crippen LogP contribution in [0.25, 0.3) is 0 Å². The maximum absolute atomic E-state index is 14.0. The molecule has 25 heavy (non-hydrogen) atoms. The van der Waals surface area contributed by atoms with Gasteiger partial charge < -0.3 is 9.64 Å². The van der Waals surface area contributed by atoms with Crippen molar-refractivity contribution in [2.24, 2.45) is 0 Å². The average Bonchev–Trinajstić information content (AvgIpc) is 2.63. The van der Waals surface area contributed by atoms with Crippen LogP contribution in [-0.2, 0) is 22.4 Å². The topological polar surface area (TPSA) is 46.6 Å². The third-order valence-corrected chi connectivity index (χ3v) is 4.70. The zero-order valence-electron chi connectivity index (χ0n) is 13.7. The Morgan fingerprint density at radius 2 is 2.00 bits per heavy atom. The van der Waals surface area contributed by atoms with Gasteiger partial charge in [-0.1, -0.05) is 23.7 Å². The van der Waals surface area contributed by atoms with E-state index in [-0.39, 0.29) is 22.9 Å². The molecule has 0 N–H and O–H groups in total. The van der Waals surface area contributed by atoms with Crippen molar-refractivity contribution >= 4 is 29.2 Å². The van der Waals surface area contributed by atoms with E-state index >= 15 is 0 Å². The highest BCUT2D eigenvalue weighted by Crippen LogP contribution is 2.31. The molecule has 4 nitrogen and oxygen atoms in total. The van der Waals surface area contributed by atoms with Crippen LogP contribution in [-0.4, -0.2) is 25.5 Å². The fourth-order valence-corrected chi connectivity index (χ4v) is 3.36. The smallest absolute Gasteiger partial charge is 0.338 e. The highest BCUT2D eigenvalue weighted by molar-refractivity contribution is 6.31. The lowest BCUT2D eigenvalue weighted by atomic mass is 9.95. The van der Waals surface area contributed by atoms with E-state index < -0.39 is 11.8 Å². The molecular formula is C19H17ClFNO3. The Morgan fingerprint density at radius 3 is 2.72 bits per heavy atom. The number of hydrogen-bond donors (Lipinski definition) is 0. The Labute approximate surface area is 150 Å². The minimum Gasteiger partial charge on any atom is -0.465 e. The van der Waals surface area contributed by atoms with Crippen LogP contribution in [0.3, 0.4) is 0 Å². The van der Waals surface area contributed by atoms with Gasteiger partial charge in [0.1, 0.15) is 5.82 Å². The Hall–Kier alpha value is -2.40. The van der Waals surface area contributed by atoms with Crippen LogP contribution in [0.15, 0.2) is 36.4 Å². The number of carbonyl (C=O) groups is 2. The molecule has 0 radical (unpaired) electrons. The van der Waals surface area contributed by atoms with E-state index in [1.807, 2.05) is 0 Å². The molecule has 1 heterocycles. The number of halogens is 2. The molecule has 1 aliphatic rings. The normalized spacial score (nSPS) is 13.3. The van der Waals surface area contributed by atoms with Gasteiger partial charge in [0.05, 0.1) is 19.1 Å². The lowest BCUT2D eigenvalue weighted by molar-refractivity contribution is -0.118. The van der Waals surface area contributed by atoms with Crippen LogP contribution in [0.2, 0.25) is 5.02 Å². The van der Waals surface area contributed by atoms with Gasteiger partial charge in [-0.05, 0) is 42.7 Å². The molecule has 1 aliphatic heterocycles. The number of esters is 1.